The molecule has 0 atom stereocenters. The molecule has 0 unspecified atom stereocenters. The maximum Gasteiger partial charge on any atom is 0.324 e. The summed E-state index contributed by atoms with van der Waals surface area (Å²) in [6, 6.07) is 12.3. The molecule has 0 radical (unpaired) electrons. The van der Waals surface area contributed by atoms with Crippen LogP contribution in [0.3, 0.4) is 0 Å². The van der Waals surface area contributed by atoms with Gasteiger partial charge in [-0.15, -0.1) is 11.8 Å². The topological polar surface area (TPSA) is 79.0 Å². The second-order valence-corrected chi connectivity index (χ2v) is 5.94. The number of alkyl halides is 1. The molecule has 6 nitrogen and oxygen atoms in total. The monoisotopic (exact) mass is 360 g/mol. The van der Waals surface area contributed by atoms with E-state index in [2.05, 4.69) is 20.8 Å². The number of carbonyl (C=O) groups excluding carboxylic acids is 1. The lowest BCUT2D eigenvalue weighted by atomic mass is 10.2. The molecule has 2 aromatic carbocycles. The summed E-state index contributed by atoms with van der Waals surface area (Å²) in [5, 5.41) is 13.2. The summed E-state index contributed by atoms with van der Waals surface area (Å²) >= 11 is 1.55. The smallest absolute Gasteiger partial charge is 0.324 e. The van der Waals surface area contributed by atoms with E-state index in [1.165, 1.54) is 0 Å². The standard InChI is InChI=1S/C17H17FN4O2S/c1-25-15-5-3-2-4-14(15)19-17(23)20-16-12-10-11(24-9-8-18)6-7-13(12)21-22-16/h2-7,10H,8-9H2,1H3,(H3,19,20,21,22,23). The number of anilines is 2. The Morgan fingerprint density at radius 3 is 2.92 bits per heavy atom. The summed E-state index contributed by atoms with van der Waals surface area (Å²) in [6.07, 6.45) is 1.94. The SMILES string of the molecule is CSc1ccccc1NC(=O)Nc1n[nH]c2ccc(OCCF)cc12. The fourth-order valence-electron chi connectivity index (χ4n) is 2.34. The highest BCUT2D eigenvalue weighted by Gasteiger charge is 2.12. The average molecular weight is 360 g/mol. The van der Waals surface area contributed by atoms with Gasteiger partial charge in [-0.1, -0.05) is 12.1 Å². The summed E-state index contributed by atoms with van der Waals surface area (Å²) in [4.78, 5) is 13.2. The van der Waals surface area contributed by atoms with Crippen molar-refractivity contribution >= 4 is 40.2 Å². The number of carbonyl (C=O) groups is 1. The third-order valence-corrected chi connectivity index (χ3v) is 4.26. The number of nitrogens with one attached hydrogen (secondary N) is 3. The number of aromatic nitrogens is 2. The van der Waals surface area contributed by atoms with E-state index < -0.39 is 12.7 Å². The summed E-state index contributed by atoms with van der Waals surface area (Å²) < 4.78 is 17.5. The van der Waals surface area contributed by atoms with Gasteiger partial charge in [-0.25, -0.2) is 9.18 Å². The number of hydrogen-bond donors (Lipinski definition) is 3. The number of amides is 2. The fraction of sp³-hybridized carbons (Fsp3) is 0.176. The second-order valence-electron chi connectivity index (χ2n) is 5.10. The molecule has 130 valence electrons. The number of ether oxygens (including phenoxy) is 1. The lowest BCUT2D eigenvalue weighted by molar-refractivity contribution is 0.262. The number of thioether (sulfide) groups is 1. The molecule has 25 heavy (non-hydrogen) atoms. The molecule has 0 bridgehead atoms. The van der Waals surface area contributed by atoms with Gasteiger partial charge in [-0.3, -0.25) is 10.4 Å². The van der Waals surface area contributed by atoms with Gasteiger partial charge in [0.1, 0.15) is 19.0 Å². The first-order chi connectivity index (χ1) is 12.2. The van der Waals surface area contributed by atoms with Gasteiger partial charge in [-0.2, -0.15) is 5.10 Å². The molecular weight excluding hydrogens is 343 g/mol. The number of para-hydroxylation sites is 1. The number of urea groups is 1. The zero-order valence-corrected chi connectivity index (χ0v) is 14.3. The van der Waals surface area contributed by atoms with E-state index in [9.17, 15) is 9.18 Å². The lowest BCUT2D eigenvalue weighted by Crippen LogP contribution is -2.20. The Hall–Kier alpha value is -2.74. The van der Waals surface area contributed by atoms with Gasteiger partial charge < -0.3 is 10.1 Å². The van der Waals surface area contributed by atoms with Gasteiger partial charge in [-0.05, 0) is 36.6 Å². The third-order valence-electron chi connectivity index (χ3n) is 3.47. The number of H-pyrrole nitrogens is 1. The molecule has 1 aromatic heterocycles. The first-order valence-corrected chi connectivity index (χ1v) is 8.81. The molecule has 0 aliphatic heterocycles. The van der Waals surface area contributed by atoms with Crippen LogP contribution in [0.2, 0.25) is 0 Å². The van der Waals surface area contributed by atoms with Crippen LogP contribution in [0.5, 0.6) is 5.75 Å². The average Bonchev–Trinajstić information content (AvgIpc) is 3.02. The van der Waals surface area contributed by atoms with Crippen LogP contribution in [0.15, 0.2) is 47.4 Å². The summed E-state index contributed by atoms with van der Waals surface area (Å²) in [7, 11) is 0. The molecule has 0 aliphatic carbocycles. The van der Waals surface area contributed by atoms with Crippen molar-refractivity contribution in [1.82, 2.24) is 10.2 Å². The van der Waals surface area contributed by atoms with Crippen molar-refractivity contribution in [2.24, 2.45) is 0 Å². The van der Waals surface area contributed by atoms with Crippen molar-refractivity contribution < 1.29 is 13.9 Å². The van der Waals surface area contributed by atoms with E-state index in [-0.39, 0.29) is 6.61 Å². The van der Waals surface area contributed by atoms with Crippen LogP contribution in [0, 0.1) is 0 Å². The van der Waals surface area contributed by atoms with Crippen LogP contribution < -0.4 is 15.4 Å². The Labute approximate surface area is 148 Å². The van der Waals surface area contributed by atoms with Gasteiger partial charge in [0.05, 0.1) is 11.2 Å². The summed E-state index contributed by atoms with van der Waals surface area (Å²) in [5.74, 6) is 0.891. The molecule has 0 saturated carbocycles. The van der Waals surface area contributed by atoms with Gasteiger partial charge >= 0.3 is 6.03 Å². The highest BCUT2D eigenvalue weighted by molar-refractivity contribution is 7.98. The zero-order chi connectivity index (χ0) is 17.6. The van der Waals surface area contributed by atoms with Crippen LogP contribution in [0.4, 0.5) is 20.7 Å². The quantitative estimate of drug-likeness (QED) is 0.573. The number of aromatic amines is 1. The van der Waals surface area contributed by atoms with E-state index in [4.69, 9.17) is 4.74 Å². The van der Waals surface area contributed by atoms with Gasteiger partial charge in [0.25, 0.3) is 0 Å². The minimum absolute atomic E-state index is 0.0158. The minimum Gasteiger partial charge on any atom is -0.491 e. The van der Waals surface area contributed by atoms with E-state index in [0.29, 0.717) is 17.0 Å². The van der Waals surface area contributed by atoms with Crippen LogP contribution >= 0.6 is 11.8 Å². The van der Waals surface area contributed by atoms with E-state index in [1.807, 2.05) is 30.5 Å². The van der Waals surface area contributed by atoms with Crippen molar-refractivity contribution in [3.63, 3.8) is 0 Å². The van der Waals surface area contributed by atoms with E-state index in [1.54, 1.807) is 30.0 Å². The Morgan fingerprint density at radius 1 is 1.28 bits per heavy atom. The normalized spacial score (nSPS) is 10.6. The third kappa shape index (κ3) is 4.03. The van der Waals surface area contributed by atoms with Crippen molar-refractivity contribution in [3.05, 3.63) is 42.5 Å². The Kier molecular flexibility index (Phi) is 5.39. The number of rotatable bonds is 6. The fourth-order valence-corrected chi connectivity index (χ4v) is 2.90. The lowest BCUT2D eigenvalue weighted by Gasteiger charge is -2.09. The molecule has 1 heterocycles. The molecule has 0 spiro atoms. The Balaban J connectivity index is 1.76. The molecule has 8 heteroatoms. The molecule has 3 N–H and O–H groups in total. The molecule has 0 fully saturated rings. The zero-order valence-electron chi connectivity index (χ0n) is 13.5. The number of halogens is 1. The van der Waals surface area contributed by atoms with Crippen molar-refractivity contribution in [3.8, 4) is 5.75 Å². The van der Waals surface area contributed by atoms with Crippen molar-refractivity contribution in [2.75, 3.05) is 30.2 Å². The predicted molar refractivity (Wildman–Crippen MR) is 98.4 cm³/mol. The first kappa shape index (κ1) is 17.1. The van der Waals surface area contributed by atoms with Crippen LogP contribution in [0.25, 0.3) is 10.9 Å². The van der Waals surface area contributed by atoms with Crippen molar-refractivity contribution in [1.29, 1.82) is 0 Å². The summed E-state index contributed by atoms with van der Waals surface area (Å²) in [5.41, 5.74) is 1.46. The van der Waals surface area contributed by atoms with Gasteiger partial charge in [0, 0.05) is 10.3 Å². The Morgan fingerprint density at radius 2 is 2.12 bits per heavy atom. The molecule has 2 amide bonds. The predicted octanol–water partition coefficient (Wildman–Crippen LogP) is 4.28. The molecule has 0 aliphatic rings. The van der Waals surface area contributed by atoms with Gasteiger partial charge in [0.2, 0.25) is 0 Å². The second kappa shape index (κ2) is 7.89. The molecular formula is C17H17FN4O2S. The molecule has 0 saturated heterocycles. The maximum absolute atomic E-state index is 12.3. The van der Waals surface area contributed by atoms with Crippen molar-refractivity contribution in [2.45, 2.75) is 4.90 Å². The van der Waals surface area contributed by atoms with Crippen LogP contribution in [-0.2, 0) is 0 Å². The number of hydrogen-bond acceptors (Lipinski definition) is 4. The first-order valence-electron chi connectivity index (χ1n) is 7.59. The van der Waals surface area contributed by atoms with E-state index in [0.717, 1.165) is 16.1 Å². The highest BCUT2D eigenvalue weighted by atomic mass is 32.2. The minimum atomic E-state index is -0.564. The van der Waals surface area contributed by atoms with Crippen LogP contribution in [-0.4, -0.2) is 35.8 Å². The molecule has 3 aromatic rings. The molecule has 3 rings (SSSR count). The summed E-state index contributed by atoms with van der Waals surface area (Å²) in [6.45, 7) is -0.580. The maximum atomic E-state index is 12.3. The van der Waals surface area contributed by atoms with Crippen LogP contribution in [0.1, 0.15) is 0 Å². The van der Waals surface area contributed by atoms with Gasteiger partial charge in [0.15, 0.2) is 5.82 Å². The number of benzene rings is 2. The Bertz CT molecular complexity index is 884. The number of nitrogens with zero attached hydrogens (tertiary/aromatic N) is 1. The largest absolute Gasteiger partial charge is 0.491 e. The van der Waals surface area contributed by atoms with E-state index >= 15 is 0 Å². The highest BCUT2D eigenvalue weighted by Crippen LogP contribution is 2.27. The number of fused-ring (bicyclic) bond motifs is 1.